The van der Waals surface area contributed by atoms with Gasteiger partial charge < -0.3 is 5.32 Å². The van der Waals surface area contributed by atoms with Crippen LogP contribution in [0.2, 0.25) is 0 Å². The molecular formula is C18H21N3OS. The number of pyridine rings is 1. The van der Waals surface area contributed by atoms with Gasteiger partial charge in [0.05, 0.1) is 22.4 Å². The third-order valence-electron chi connectivity index (χ3n) is 4.04. The minimum absolute atomic E-state index is 0.0440. The van der Waals surface area contributed by atoms with E-state index in [-0.39, 0.29) is 17.6 Å². The largest absolute Gasteiger partial charge is 0.337 e. The summed E-state index contributed by atoms with van der Waals surface area (Å²) in [7, 11) is 0. The number of nitriles is 1. The predicted molar refractivity (Wildman–Crippen MR) is 94.2 cm³/mol. The van der Waals surface area contributed by atoms with Crippen LogP contribution >= 0.6 is 11.8 Å². The van der Waals surface area contributed by atoms with Crippen molar-refractivity contribution < 1.29 is 4.79 Å². The van der Waals surface area contributed by atoms with Gasteiger partial charge in [0.1, 0.15) is 5.54 Å². The van der Waals surface area contributed by atoms with Crippen molar-refractivity contribution in [2.24, 2.45) is 5.92 Å². The van der Waals surface area contributed by atoms with Crippen LogP contribution in [0.5, 0.6) is 0 Å². The average Bonchev–Trinajstić information content (AvgIpc) is 2.52. The van der Waals surface area contributed by atoms with E-state index in [1.165, 1.54) is 11.8 Å². The maximum absolute atomic E-state index is 12.1. The molecule has 2 rings (SSSR count). The number of thioether (sulfide) groups is 1. The van der Waals surface area contributed by atoms with Crippen LogP contribution in [0.25, 0.3) is 10.9 Å². The van der Waals surface area contributed by atoms with Gasteiger partial charge in [-0.15, -0.1) is 0 Å². The molecule has 0 saturated carbocycles. The molecule has 0 spiro atoms. The van der Waals surface area contributed by atoms with E-state index in [1.807, 2.05) is 51.1 Å². The summed E-state index contributed by atoms with van der Waals surface area (Å²) in [6.07, 6.45) is 0. The number of hydrogen-bond acceptors (Lipinski definition) is 4. The number of nitrogens with one attached hydrogen (secondary N) is 1. The highest BCUT2D eigenvalue weighted by atomic mass is 32.2. The van der Waals surface area contributed by atoms with Crippen molar-refractivity contribution in [1.82, 2.24) is 10.3 Å². The van der Waals surface area contributed by atoms with E-state index in [0.717, 1.165) is 21.5 Å². The number of para-hydroxylation sites is 1. The fourth-order valence-electron chi connectivity index (χ4n) is 2.16. The second kappa shape index (κ2) is 7.01. The van der Waals surface area contributed by atoms with Gasteiger partial charge in [0.15, 0.2) is 0 Å². The van der Waals surface area contributed by atoms with Crippen molar-refractivity contribution in [3.63, 3.8) is 0 Å². The Morgan fingerprint density at radius 3 is 2.78 bits per heavy atom. The third-order valence-corrected chi connectivity index (χ3v) is 4.95. The van der Waals surface area contributed by atoms with Gasteiger partial charge in [-0.2, -0.15) is 5.26 Å². The summed E-state index contributed by atoms with van der Waals surface area (Å²) in [5.74, 6) is 0.136. The van der Waals surface area contributed by atoms with Crippen molar-refractivity contribution >= 4 is 28.6 Å². The molecule has 1 amide bonds. The first-order chi connectivity index (χ1) is 10.9. The summed E-state index contributed by atoms with van der Waals surface area (Å²) < 4.78 is 0. The molecule has 0 aliphatic carbocycles. The van der Waals surface area contributed by atoms with Crippen molar-refractivity contribution in [3.8, 4) is 6.07 Å². The number of benzene rings is 1. The highest BCUT2D eigenvalue weighted by molar-refractivity contribution is 7.99. The van der Waals surface area contributed by atoms with E-state index >= 15 is 0 Å². The molecule has 1 heterocycles. The SMILES string of the molecule is Cc1cc(SCC(=O)N[C@](C)(C#N)C(C)C)nc2ccccc12. The summed E-state index contributed by atoms with van der Waals surface area (Å²) in [6.45, 7) is 7.63. The molecule has 1 aromatic heterocycles. The van der Waals surface area contributed by atoms with Crippen LogP contribution in [0.3, 0.4) is 0 Å². The Balaban J connectivity index is 2.07. The Bertz CT molecular complexity index is 766. The van der Waals surface area contributed by atoms with E-state index in [4.69, 9.17) is 0 Å². The summed E-state index contributed by atoms with van der Waals surface area (Å²) in [5.41, 5.74) is 1.23. The Morgan fingerprint density at radius 2 is 2.13 bits per heavy atom. The lowest BCUT2D eigenvalue weighted by Crippen LogP contribution is -2.49. The summed E-state index contributed by atoms with van der Waals surface area (Å²) in [4.78, 5) is 16.7. The van der Waals surface area contributed by atoms with Crippen molar-refractivity contribution in [2.45, 2.75) is 38.3 Å². The normalized spacial score (nSPS) is 13.6. The van der Waals surface area contributed by atoms with E-state index in [2.05, 4.69) is 16.4 Å². The van der Waals surface area contributed by atoms with Gasteiger partial charge in [-0.25, -0.2) is 4.98 Å². The number of fused-ring (bicyclic) bond motifs is 1. The molecule has 1 atom stereocenters. The van der Waals surface area contributed by atoms with Crippen LogP contribution < -0.4 is 5.32 Å². The summed E-state index contributed by atoms with van der Waals surface area (Å²) in [5, 5.41) is 14.0. The topological polar surface area (TPSA) is 65.8 Å². The Kier molecular flexibility index (Phi) is 5.27. The van der Waals surface area contributed by atoms with Gasteiger partial charge in [0, 0.05) is 5.39 Å². The number of aryl methyl sites for hydroxylation is 1. The molecule has 2 aromatic rings. The molecule has 1 aromatic carbocycles. The average molecular weight is 327 g/mol. The van der Waals surface area contributed by atoms with Crippen LogP contribution in [0.15, 0.2) is 35.4 Å². The van der Waals surface area contributed by atoms with Crippen molar-refractivity contribution in [1.29, 1.82) is 5.26 Å². The van der Waals surface area contributed by atoms with Crippen LogP contribution in [-0.4, -0.2) is 22.2 Å². The van der Waals surface area contributed by atoms with E-state index in [1.54, 1.807) is 6.92 Å². The molecular weight excluding hydrogens is 306 g/mol. The second-order valence-corrected chi connectivity index (χ2v) is 7.10. The fraction of sp³-hybridized carbons (Fsp3) is 0.389. The molecule has 120 valence electrons. The molecule has 1 N–H and O–H groups in total. The summed E-state index contributed by atoms with van der Waals surface area (Å²) in [6, 6.07) is 12.1. The zero-order valence-corrected chi connectivity index (χ0v) is 14.7. The highest BCUT2D eigenvalue weighted by Gasteiger charge is 2.29. The Morgan fingerprint density at radius 1 is 1.43 bits per heavy atom. The number of carbonyl (C=O) groups excluding carboxylic acids is 1. The highest BCUT2D eigenvalue weighted by Crippen LogP contribution is 2.24. The zero-order valence-electron chi connectivity index (χ0n) is 13.9. The monoisotopic (exact) mass is 327 g/mol. The molecule has 0 fully saturated rings. The van der Waals surface area contributed by atoms with Crippen LogP contribution in [-0.2, 0) is 4.79 Å². The van der Waals surface area contributed by atoms with E-state index in [9.17, 15) is 10.1 Å². The number of carbonyl (C=O) groups is 1. The number of rotatable bonds is 5. The Labute approximate surface area is 141 Å². The van der Waals surface area contributed by atoms with Crippen molar-refractivity contribution in [2.75, 3.05) is 5.75 Å². The van der Waals surface area contributed by atoms with Crippen LogP contribution in [0, 0.1) is 24.2 Å². The zero-order chi connectivity index (χ0) is 17.0. The lowest BCUT2D eigenvalue weighted by atomic mass is 9.90. The van der Waals surface area contributed by atoms with Crippen LogP contribution in [0.4, 0.5) is 0 Å². The molecule has 5 heteroatoms. The van der Waals surface area contributed by atoms with Gasteiger partial charge in [-0.3, -0.25) is 4.79 Å². The summed E-state index contributed by atoms with van der Waals surface area (Å²) >= 11 is 1.39. The molecule has 23 heavy (non-hydrogen) atoms. The van der Waals surface area contributed by atoms with E-state index < -0.39 is 5.54 Å². The lowest BCUT2D eigenvalue weighted by Gasteiger charge is -2.27. The van der Waals surface area contributed by atoms with Gasteiger partial charge in [0.2, 0.25) is 5.91 Å². The molecule has 0 aliphatic rings. The standard InChI is InChI=1S/C18H21N3OS/c1-12(2)18(4,11-19)21-16(22)10-23-17-9-13(3)14-7-5-6-8-15(14)20-17/h5-9,12H,10H2,1-4H3,(H,21,22)/t18-/m1/s1. The maximum atomic E-state index is 12.1. The first kappa shape index (κ1) is 17.3. The lowest BCUT2D eigenvalue weighted by molar-refractivity contribution is -0.120. The third kappa shape index (κ3) is 4.02. The first-order valence-corrected chi connectivity index (χ1v) is 8.55. The van der Waals surface area contributed by atoms with Gasteiger partial charge in [-0.1, -0.05) is 43.8 Å². The van der Waals surface area contributed by atoms with Gasteiger partial charge >= 0.3 is 0 Å². The number of amides is 1. The number of nitrogens with zero attached hydrogens (tertiary/aromatic N) is 2. The molecule has 4 nitrogen and oxygen atoms in total. The molecule has 0 saturated heterocycles. The molecule has 0 aliphatic heterocycles. The van der Waals surface area contributed by atoms with Gasteiger partial charge in [0.25, 0.3) is 0 Å². The minimum atomic E-state index is -0.843. The number of aromatic nitrogens is 1. The minimum Gasteiger partial charge on any atom is -0.337 e. The quantitative estimate of drug-likeness (QED) is 0.851. The molecule has 0 radical (unpaired) electrons. The molecule has 0 bridgehead atoms. The second-order valence-electron chi connectivity index (χ2n) is 6.10. The first-order valence-electron chi connectivity index (χ1n) is 7.57. The van der Waals surface area contributed by atoms with Gasteiger partial charge in [-0.05, 0) is 37.5 Å². The Hall–Kier alpha value is -2.06. The smallest absolute Gasteiger partial charge is 0.231 e. The maximum Gasteiger partial charge on any atom is 0.231 e. The number of hydrogen-bond donors (Lipinski definition) is 1. The predicted octanol–water partition coefficient (Wildman–Crippen LogP) is 3.69. The van der Waals surface area contributed by atoms with E-state index in [0.29, 0.717) is 0 Å². The molecule has 0 unspecified atom stereocenters. The van der Waals surface area contributed by atoms with Crippen LogP contribution in [0.1, 0.15) is 26.3 Å². The van der Waals surface area contributed by atoms with Crippen molar-refractivity contribution in [3.05, 3.63) is 35.9 Å². The fourth-order valence-corrected chi connectivity index (χ4v) is 2.93.